The van der Waals surface area contributed by atoms with Crippen LogP contribution in [-0.4, -0.2) is 48.2 Å². The molecule has 27 heavy (non-hydrogen) atoms. The van der Waals surface area contributed by atoms with Gasteiger partial charge in [-0.05, 0) is 44.0 Å². The molecule has 1 fully saturated rings. The van der Waals surface area contributed by atoms with E-state index >= 15 is 0 Å². The Bertz CT molecular complexity index is 780. The molecule has 1 aromatic carbocycles. The van der Waals surface area contributed by atoms with Crippen LogP contribution in [0.4, 0.5) is 4.79 Å². The number of hydrogen-bond donors (Lipinski definition) is 0. The quantitative estimate of drug-likeness (QED) is 0.194. The van der Waals surface area contributed by atoms with Crippen molar-refractivity contribution < 1.29 is 28.6 Å². The minimum atomic E-state index is -0.947. The van der Waals surface area contributed by atoms with Gasteiger partial charge in [0.15, 0.2) is 0 Å². The fourth-order valence-corrected chi connectivity index (χ4v) is 2.54. The summed E-state index contributed by atoms with van der Waals surface area (Å²) in [6.45, 7) is 4.90. The molecule has 1 saturated heterocycles. The third-order valence-electron chi connectivity index (χ3n) is 3.69. The van der Waals surface area contributed by atoms with Gasteiger partial charge in [-0.25, -0.2) is 4.79 Å². The summed E-state index contributed by atoms with van der Waals surface area (Å²) in [5.41, 5.74) is 8.60. The zero-order valence-electron chi connectivity index (χ0n) is 15.4. The van der Waals surface area contributed by atoms with Crippen LogP contribution in [0.25, 0.3) is 10.4 Å². The van der Waals surface area contributed by atoms with Crippen molar-refractivity contribution in [1.29, 1.82) is 0 Å². The summed E-state index contributed by atoms with van der Waals surface area (Å²) in [6, 6.07) is 4.71. The molecule has 10 nitrogen and oxygen atoms in total. The fraction of sp³-hybridized carbons (Fsp3) is 0.471. The monoisotopic (exact) mass is 376 g/mol. The molecule has 0 spiro atoms. The second-order valence-corrected chi connectivity index (χ2v) is 6.77. The SMILES string of the molecule is COC(=O)CN1C(=O)C(N=[N+]=[N-])C1c1ccc(OC(=O)OC(C)(C)C)cc1. The Morgan fingerprint density at radius 2 is 1.89 bits per heavy atom. The van der Waals surface area contributed by atoms with Crippen molar-refractivity contribution in [3.05, 3.63) is 40.3 Å². The van der Waals surface area contributed by atoms with E-state index in [9.17, 15) is 14.4 Å². The standard InChI is InChI=1S/C17H20N4O6/c1-17(2,3)27-16(24)26-11-7-5-10(6-8-11)14-13(19-20-18)15(23)21(14)9-12(22)25-4/h5-8,13-14H,9H2,1-4H3. The van der Waals surface area contributed by atoms with Gasteiger partial charge in [-0.3, -0.25) is 9.59 Å². The number of nitrogens with zero attached hydrogens (tertiary/aromatic N) is 4. The molecule has 0 bridgehead atoms. The Morgan fingerprint density at radius 3 is 2.41 bits per heavy atom. The van der Waals surface area contributed by atoms with E-state index in [4.69, 9.17) is 15.0 Å². The van der Waals surface area contributed by atoms with Gasteiger partial charge in [0.2, 0.25) is 5.91 Å². The van der Waals surface area contributed by atoms with Crippen LogP contribution in [0.2, 0.25) is 0 Å². The molecule has 2 atom stereocenters. The maximum absolute atomic E-state index is 12.1. The van der Waals surface area contributed by atoms with Gasteiger partial charge in [-0.2, -0.15) is 0 Å². The maximum Gasteiger partial charge on any atom is 0.514 e. The number of likely N-dealkylation sites (tertiary alicyclic amines) is 1. The van der Waals surface area contributed by atoms with E-state index in [1.807, 2.05) is 0 Å². The second kappa shape index (κ2) is 7.96. The first kappa shape index (κ1) is 20.1. The number of hydrogen-bond acceptors (Lipinski definition) is 7. The molecule has 144 valence electrons. The lowest BCUT2D eigenvalue weighted by Crippen LogP contribution is -2.59. The van der Waals surface area contributed by atoms with Crippen molar-refractivity contribution in [1.82, 2.24) is 4.90 Å². The molecule has 1 amide bonds. The molecule has 0 aromatic heterocycles. The third kappa shape index (κ3) is 4.89. The zero-order valence-corrected chi connectivity index (χ0v) is 15.4. The topological polar surface area (TPSA) is 131 Å². The number of azide groups is 1. The van der Waals surface area contributed by atoms with E-state index in [1.165, 1.54) is 24.1 Å². The minimum absolute atomic E-state index is 0.249. The molecule has 2 unspecified atom stereocenters. The molecular weight excluding hydrogens is 356 g/mol. The lowest BCUT2D eigenvalue weighted by atomic mass is 9.89. The molecule has 0 saturated carbocycles. The fourth-order valence-electron chi connectivity index (χ4n) is 2.54. The molecule has 0 aliphatic carbocycles. The normalized spacial score (nSPS) is 18.8. The average molecular weight is 376 g/mol. The average Bonchev–Trinajstić information content (AvgIpc) is 2.59. The first-order valence-corrected chi connectivity index (χ1v) is 8.08. The van der Waals surface area contributed by atoms with E-state index in [1.54, 1.807) is 32.9 Å². The second-order valence-electron chi connectivity index (χ2n) is 6.77. The van der Waals surface area contributed by atoms with Gasteiger partial charge in [-0.1, -0.05) is 17.2 Å². The predicted octanol–water partition coefficient (Wildman–Crippen LogP) is 2.74. The highest BCUT2D eigenvalue weighted by Gasteiger charge is 2.48. The van der Waals surface area contributed by atoms with Crippen LogP contribution in [-0.2, 0) is 19.1 Å². The van der Waals surface area contributed by atoms with Crippen LogP contribution < -0.4 is 4.74 Å². The first-order valence-electron chi connectivity index (χ1n) is 8.08. The maximum atomic E-state index is 12.1. The summed E-state index contributed by atoms with van der Waals surface area (Å²) in [4.78, 5) is 39.2. The Morgan fingerprint density at radius 1 is 1.26 bits per heavy atom. The lowest BCUT2D eigenvalue weighted by molar-refractivity contribution is -0.158. The van der Waals surface area contributed by atoms with Crippen molar-refractivity contribution in [2.75, 3.05) is 13.7 Å². The zero-order chi connectivity index (χ0) is 20.2. The highest BCUT2D eigenvalue weighted by Crippen LogP contribution is 2.37. The number of β-lactam (4-membered cyclic amide) rings is 1. The van der Waals surface area contributed by atoms with Crippen LogP contribution in [0.5, 0.6) is 5.75 Å². The van der Waals surface area contributed by atoms with Crippen LogP contribution in [0.3, 0.4) is 0 Å². The molecule has 1 aliphatic rings. The third-order valence-corrected chi connectivity index (χ3v) is 3.69. The van der Waals surface area contributed by atoms with E-state index < -0.39 is 35.7 Å². The van der Waals surface area contributed by atoms with Crippen LogP contribution >= 0.6 is 0 Å². The number of rotatable bonds is 5. The molecule has 1 heterocycles. The molecule has 1 aliphatic heterocycles. The van der Waals surface area contributed by atoms with E-state index in [2.05, 4.69) is 14.8 Å². The van der Waals surface area contributed by atoms with Crippen LogP contribution in [0.15, 0.2) is 29.4 Å². The van der Waals surface area contributed by atoms with E-state index in [0.717, 1.165) is 0 Å². The molecular formula is C17H20N4O6. The predicted molar refractivity (Wildman–Crippen MR) is 92.7 cm³/mol. The van der Waals surface area contributed by atoms with Gasteiger partial charge in [0.25, 0.3) is 0 Å². The Labute approximate surface area is 155 Å². The highest BCUT2D eigenvalue weighted by atomic mass is 16.7. The molecule has 10 heteroatoms. The Kier molecular flexibility index (Phi) is 5.91. The van der Waals surface area contributed by atoms with Crippen LogP contribution in [0.1, 0.15) is 32.4 Å². The number of esters is 1. The van der Waals surface area contributed by atoms with E-state index in [-0.39, 0.29) is 12.3 Å². The van der Waals surface area contributed by atoms with E-state index in [0.29, 0.717) is 5.56 Å². The van der Waals surface area contributed by atoms with Gasteiger partial charge in [0.1, 0.15) is 23.9 Å². The van der Waals surface area contributed by atoms with Crippen molar-refractivity contribution in [2.45, 2.75) is 38.5 Å². The summed E-state index contributed by atoms with van der Waals surface area (Å²) < 4.78 is 14.7. The summed E-state index contributed by atoms with van der Waals surface area (Å²) in [5.74, 6) is -0.798. The Balaban J connectivity index is 2.14. The molecule has 0 radical (unpaired) electrons. The van der Waals surface area contributed by atoms with Gasteiger partial charge >= 0.3 is 12.1 Å². The van der Waals surface area contributed by atoms with Crippen LogP contribution in [0, 0.1) is 0 Å². The lowest BCUT2D eigenvalue weighted by Gasteiger charge is -2.44. The summed E-state index contributed by atoms with van der Waals surface area (Å²) in [7, 11) is 1.22. The number of carbonyl (C=O) groups is 3. The summed E-state index contributed by atoms with van der Waals surface area (Å²) in [5, 5.41) is 3.50. The van der Waals surface area contributed by atoms with Crippen molar-refractivity contribution in [3.63, 3.8) is 0 Å². The number of amides is 1. The number of methoxy groups -OCH3 is 1. The van der Waals surface area contributed by atoms with Gasteiger partial charge < -0.3 is 19.1 Å². The molecule has 0 N–H and O–H groups in total. The first-order chi connectivity index (χ1) is 12.7. The van der Waals surface area contributed by atoms with Crippen molar-refractivity contribution in [3.8, 4) is 5.75 Å². The summed E-state index contributed by atoms with van der Waals surface area (Å²) in [6.07, 6.45) is -0.839. The highest BCUT2D eigenvalue weighted by molar-refractivity contribution is 5.93. The minimum Gasteiger partial charge on any atom is -0.468 e. The summed E-state index contributed by atoms with van der Waals surface area (Å²) >= 11 is 0. The van der Waals surface area contributed by atoms with Gasteiger partial charge in [-0.15, -0.1) is 0 Å². The van der Waals surface area contributed by atoms with Gasteiger partial charge in [0, 0.05) is 4.91 Å². The van der Waals surface area contributed by atoms with Crippen molar-refractivity contribution in [2.24, 2.45) is 5.11 Å². The molecule has 2 rings (SSSR count). The number of benzene rings is 1. The Hall–Kier alpha value is -3.26. The smallest absolute Gasteiger partial charge is 0.468 e. The molecule has 1 aromatic rings. The number of ether oxygens (including phenoxy) is 3. The van der Waals surface area contributed by atoms with Crippen molar-refractivity contribution >= 4 is 18.0 Å². The number of carbonyl (C=O) groups excluding carboxylic acids is 3. The largest absolute Gasteiger partial charge is 0.514 e. The van der Waals surface area contributed by atoms with Gasteiger partial charge in [0.05, 0.1) is 13.2 Å².